The monoisotopic (exact) mass is 344 g/mol. The van der Waals surface area contributed by atoms with Gasteiger partial charge in [-0.1, -0.05) is 30.3 Å². The molecule has 0 atom stereocenters. The van der Waals surface area contributed by atoms with Crippen molar-refractivity contribution in [3.05, 3.63) is 64.2 Å². The number of amides is 1. The summed E-state index contributed by atoms with van der Waals surface area (Å²) in [5, 5.41) is 13.2. The minimum Gasteiger partial charge on any atom is -0.495 e. The van der Waals surface area contributed by atoms with Gasteiger partial charge in [-0.15, -0.1) is 0 Å². The molecule has 8 heteroatoms. The van der Waals surface area contributed by atoms with Crippen LogP contribution >= 0.6 is 0 Å². The van der Waals surface area contributed by atoms with E-state index in [1.807, 2.05) is 6.07 Å². The Morgan fingerprint density at radius 3 is 2.52 bits per heavy atom. The van der Waals surface area contributed by atoms with Gasteiger partial charge in [0.1, 0.15) is 5.75 Å². The van der Waals surface area contributed by atoms with Gasteiger partial charge in [-0.3, -0.25) is 19.7 Å². The van der Waals surface area contributed by atoms with Gasteiger partial charge in [0.25, 0.3) is 11.6 Å². The van der Waals surface area contributed by atoms with Crippen LogP contribution in [0, 0.1) is 10.1 Å². The van der Waals surface area contributed by atoms with E-state index < -0.39 is 23.4 Å². The van der Waals surface area contributed by atoms with Crippen LogP contribution in [0.3, 0.4) is 0 Å². The second kappa shape index (κ2) is 8.44. The molecular weight excluding hydrogens is 328 g/mol. The highest BCUT2D eigenvalue weighted by molar-refractivity contribution is 5.94. The minimum atomic E-state index is -0.625. The van der Waals surface area contributed by atoms with Crippen molar-refractivity contribution < 1.29 is 24.0 Å². The lowest BCUT2D eigenvalue weighted by molar-refractivity contribution is -0.384. The van der Waals surface area contributed by atoms with Gasteiger partial charge in [-0.05, 0) is 11.6 Å². The van der Waals surface area contributed by atoms with Crippen LogP contribution in [0.5, 0.6) is 5.75 Å². The summed E-state index contributed by atoms with van der Waals surface area (Å²) >= 11 is 0. The highest BCUT2D eigenvalue weighted by atomic mass is 16.6. The number of benzene rings is 2. The molecule has 0 aromatic heterocycles. The Bertz CT molecular complexity index is 776. The number of hydrogen-bond donors (Lipinski definition) is 1. The highest BCUT2D eigenvalue weighted by Crippen LogP contribution is 2.28. The zero-order chi connectivity index (χ0) is 18.2. The number of nitro benzene ring substituents is 1. The largest absolute Gasteiger partial charge is 0.495 e. The summed E-state index contributed by atoms with van der Waals surface area (Å²) in [6, 6.07) is 12.8. The highest BCUT2D eigenvalue weighted by Gasteiger charge is 2.15. The number of anilines is 1. The lowest BCUT2D eigenvalue weighted by Crippen LogP contribution is -2.22. The molecular formula is C17H16N2O6. The number of carbonyl (C=O) groups is 2. The summed E-state index contributed by atoms with van der Waals surface area (Å²) < 4.78 is 9.95. The number of methoxy groups -OCH3 is 1. The molecule has 0 heterocycles. The number of nitrogens with one attached hydrogen (secondary N) is 1. The first-order valence-corrected chi connectivity index (χ1v) is 7.31. The first kappa shape index (κ1) is 17.9. The maximum Gasteiger partial charge on any atom is 0.310 e. The van der Waals surface area contributed by atoms with Crippen LogP contribution in [-0.4, -0.2) is 30.5 Å². The van der Waals surface area contributed by atoms with Crippen LogP contribution in [0.25, 0.3) is 0 Å². The third-order valence-corrected chi connectivity index (χ3v) is 3.22. The fourth-order valence-electron chi connectivity index (χ4n) is 2.05. The second-order valence-electron chi connectivity index (χ2n) is 5.01. The molecule has 2 aromatic rings. The zero-order valence-electron chi connectivity index (χ0n) is 13.4. The average Bonchev–Trinajstić information content (AvgIpc) is 2.60. The Hall–Kier alpha value is -3.42. The van der Waals surface area contributed by atoms with E-state index in [-0.39, 0.29) is 23.5 Å². The third kappa shape index (κ3) is 5.31. The normalized spacial score (nSPS) is 9.96. The van der Waals surface area contributed by atoms with E-state index in [1.165, 1.54) is 25.3 Å². The maximum atomic E-state index is 11.9. The summed E-state index contributed by atoms with van der Waals surface area (Å²) in [7, 11) is 1.37. The van der Waals surface area contributed by atoms with Crippen molar-refractivity contribution in [2.45, 2.75) is 6.42 Å². The van der Waals surface area contributed by atoms with Crippen molar-refractivity contribution in [2.75, 3.05) is 19.0 Å². The summed E-state index contributed by atoms with van der Waals surface area (Å²) in [5.74, 6) is -0.915. The Balaban J connectivity index is 1.92. The molecule has 0 aliphatic heterocycles. The van der Waals surface area contributed by atoms with Gasteiger partial charge in [-0.25, -0.2) is 0 Å². The van der Waals surface area contributed by atoms with Gasteiger partial charge < -0.3 is 14.8 Å². The van der Waals surface area contributed by atoms with Crippen molar-refractivity contribution in [3.8, 4) is 5.75 Å². The number of hydrogen-bond acceptors (Lipinski definition) is 6. The first-order valence-electron chi connectivity index (χ1n) is 7.31. The Kier molecular flexibility index (Phi) is 6.05. The molecule has 0 saturated carbocycles. The van der Waals surface area contributed by atoms with E-state index >= 15 is 0 Å². The molecule has 0 aliphatic rings. The summed E-state index contributed by atoms with van der Waals surface area (Å²) in [6.45, 7) is -0.502. The van der Waals surface area contributed by atoms with Gasteiger partial charge in [0.05, 0.1) is 24.1 Å². The molecule has 0 fully saturated rings. The number of carbonyl (C=O) groups excluding carboxylic acids is 2. The molecule has 2 aromatic carbocycles. The molecule has 1 amide bonds. The third-order valence-electron chi connectivity index (χ3n) is 3.22. The molecule has 0 radical (unpaired) electrons. The van der Waals surface area contributed by atoms with Crippen LogP contribution in [0.2, 0.25) is 0 Å². The number of rotatable bonds is 7. The fourth-order valence-corrected chi connectivity index (χ4v) is 2.05. The van der Waals surface area contributed by atoms with E-state index in [4.69, 9.17) is 9.47 Å². The summed E-state index contributed by atoms with van der Waals surface area (Å²) in [5.41, 5.74) is 0.700. The molecule has 0 unspecified atom stereocenters. The molecule has 1 N–H and O–H groups in total. The van der Waals surface area contributed by atoms with Crippen molar-refractivity contribution in [3.63, 3.8) is 0 Å². The van der Waals surface area contributed by atoms with Gasteiger partial charge in [-0.2, -0.15) is 0 Å². The summed E-state index contributed by atoms with van der Waals surface area (Å²) in [6.07, 6.45) is 0.0499. The molecule has 0 spiro atoms. The van der Waals surface area contributed by atoms with Crippen LogP contribution in [-0.2, 0) is 20.7 Å². The van der Waals surface area contributed by atoms with Gasteiger partial charge in [0.2, 0.25) is 0 Å². The smallest absolute Gasteiger partial charge is 0.310 e. The van der Waals surface area contributed by atoms with Crippen molar-refractivity contribution >= 4 is 23.3 Å². The van der Waals surface area contributed by atoms with Crippen LogP contribution < -0.4 is 10.1 Å². The van der Waals surface area contributed by atoms with E-state index in [1.54, 1.807) is 24.3 Å². The Labute approximate surface area is 143 Å². The number of nitro groups is 1. The topological polar surface area (TPSA) is 108 Å². The molecule has 8 nitrogen and oxygen atoms in total. The minimum absolute atomic E-state index is 0.0499. The molecule has 0 aliphatic carbocycles. The molecule has 25 heavy (non-hydrogen) atoms. The van der Waals surface area contributed by atoms with E-state index in [2.05, 4.69) is 5.32 Å². The Morgan fingerprint density at radius 1 is 1.16 bits per heavy atom. The lowest BCUT2D eigenvalue weighted by Gasteiger charge is -2.10. The average molecular weight is 344 g/mol. The molecule has 0 bridgehead atoms. The van der Waals surface area contributed by atoms with E-state index in [0.29, 0.717) is 0 Å². The number of nitrogens with zero attached hydrogens (tertiary/aromatic N) is 1. The van der Waals surface area contributed by atoms with Crippen LogP contribution in [0.15, 0.2) is 48.5 Å². The predicted molar refractivity (Wildman–Crippen MR) is 89.4 cm³/mol. The standard InChI is InChI=1S/C17H16N2O6/c1-24-15-8-7-13(19(22)23)10-14(15)18-16(20)11-25-17(21)9-12-5-3-2-4-6-12/h2-8,10H,9,11H2,1H3,(H,18,20). The fraction of sp³-hybridized carbons (Fsp3) is 0.176. The summed E-state index contributed by atoms with van der Waals surface area (Å²) in [4.78, 5) is 33.8. The maximum absolute atomic E-state index is 11.9. The van der Waals surface area contributed by atoms with Crippen molar-refractivity contribution in [1.29, 1.82) is 0 Å². The second-order valence-corrected chi connectivity index (χ2v) is 5.01. The number of non-ortho nitro benzene ring substituents is 1. The molecule has 2 rings (SSSR count). The van der Waals surface area contributed by atoms with Gasteiger partial charge in [0.15, 0.2) is 6.61 Å². The SMILES string of the molecule is COc1ccc([N+](=O)[O-])cc1NC(=O)COC(=O)Cc1ccccc1. The molecule has 0 saturated heterocycles. The van der Waals surface area contributed by atoms with Crippen LogP contribution in [0.1, 0.15) is 5.56 Å². The van der Waals surface area contributed by atoms with E-state index in [0.717, 1.165) is 5.56 Å². The van der Waals surface area contributed by atoms with Crippen molar-refractivity contribution in [1.82, 2.24) is 0 Å². The predicted octanol–water partition coefficient (Wildman–Crippen LogP) is 2.33. The van der Waals surface area contributed by atoms with Gasteiger partial charge in [0, 0.05) is 12.1 Å². The quantitative estimate of drug-likeness (QED) is 0.469. The van der Waals surface area contributed by atoms with Crippen molar-refractivity contribution in [2.24, 2.45) is 0 Å². The number of ether oxygens (including phenoxy) is 2. The first-order chi connectivity index (χ1) is 12.0. The van der Waals surface area contributed by atoms with E-state index in [9.17, 15) is 19.7 Å². The molecule has 130 valence electrons. The van der Waals surface area contributed by atoms with Gasteiger partial charge >= 0.3 is 5.97 Å². The Morgan fingerprint density at radius 2 is 1.88 bits per heavy atom. The lowest BCUT2D eigenvalue weighted by atomic mass is 10.2. The number of esters is 1. The van der Waals surface area contributed by atoms with Crippen LogP contribution in [0.4, 0.5) is 11.4 Å². The zero-order valence-corrected chi connectivity index (χ0v) is 13.4.